The zero-order valence-electron chi connectivity index (χ0n) is 13.2. The van der Waals surface area contributed by atoms with Crippen LogP contribution in [0.5, 0.6) is 0 Å². The van der Waals surface area contributed by atoms with Crippen molar-refractivity contribution in [2.45, 2.75) is 30.2 Å². The van der Waals surface area contributed by atoms with E-state index in [2.05, 4.69) is 5.32 Å². The fourth-order valence-corrected chi connectivity index (χ4v) is 3.18. The molecule has 0 fully saturated rings. The number of anilines is 1. The standard InChI is InChI=1S/C16H22N4O3S/c17-10-4-3-7-13(18)16(21)20-15-12-6-2-1-5-11(12)8-9-14(15)24(19,22)23/h1-2,5-6,8-9,13H,3-4,7,10,17-18H2,(H,20,21)(H2,19,22,23)/t13-/m0/s1. The lowest BCUT2D eigenvalue weighted by Gasteiger charge is -2.16. The molecule has 2 rings (SSSR count). The molecule has 0 radical (unpaired) electrons. The summed E-state index contributed by atoms with van der Waals surface area (Å²) in [6.45, 7) is 0.535. The second kappa shape index (κ2) is 7.71. The monoisotopic (exact) mass is 350 g/mol. The highest BCUT2D eigenvalue weighted by atomic mass is 32.2. The van der Waals surface area contributed by atoms with Crippen molar-refractivity contribution in [3.05, 3.63) is 36.4 Å². The van der Waals surface area contributed by atoms with Crippen LogP contribution >= 0.6 is 0 Å². The van der Waals surface area contributed by atoms with E-state index in [0.717, 1.165) is 18.2 Å². The molecule has 0 saturated carbocycles. The largest absolute Gasteiger partial charge is 0.330 e. The lowest BCUT2D eigenvalue weighted by Crippen LogP contribution is -2.36. The van der Waals surface area contributed by atoms with Gasteiger partial charge in [-0.1, -0.05) is 36.8 Å². The lowest BCUT2D eigenvalue weighted by molar-refractivity contribution is -0.117. The second-order valence-corrected chi connectivity index (χ2v) is 7.11. The zero-order valence-corrected chi connectivity index (χ0v) is 14.1. The van der Waals surface area contributed by atoms with E-state index in [1.807, 2.05) is 12.1 Å². The van der Waals surface area contributed by atoms with Crippen LogP contribution in [-0.2, 0) is 14.8 Å². The highest BCUT2D eigenvalue weighted by molar-refractivity contribution is 7.89. The molecule has 0 aliphatic heterocycles. The minimum atomic E-state index is -3.99. The summed E-state index contributed by atoms with van der Waals surface area (Å²) in [6, 6.07) is 9.40. The average molecular weight is 350 g/mol. The highest BCUT2D eigenvalue weighted by Gasteiger charge is 2.21. The first-order chi connectivity index (χ1) is 11.3. The van der Waals surface area contributed by atoms with Crippen LogP contribution < -0.4 is 21.9 Å². The zero-order chi connectivity index (χ0) is 17.7. The number of unbranched alkanes of at least 4 members (excludes halogenated alkanes) is 1. The van der Waals surface area contributed by atoms with Gasteiger partial charge in [0.05, 0.1) is 11.7 Å². The number of nitrogens with one attached hydrogen (secondary N) is 1. The topological polar surface area (TPSA) is 141 Å². The summed E-state index contributed by atoms with van der Waals surface area (Å²) in [6.07, 6.45) is 1.97. The van der Waals surface area contributed by atoms with Gasteiger partial charge in [-0.15, -0.1) is 0 Å². The maximum Gasteiger partial charge on any atom is 0.241 e. The Labute approximate surface area is 141 Å². The Hall–Kier alpha value is -2.00. The molecule has 0 bridgehead atoms. The van der Waals surface area contributed by atoms with Gasteiger partial charge in [0.15, 0.2) is 0 Å². The van der Waals surface area contributed by atoms with Gasteiger partial charge >= 0.3 is 0 Å². The molecule has 0 aromatic heterocycles. The Balaban J connectivity index is 2.37. The molecule has 0 spiro atoms. The number of primary sulfonamides is 1. The third-order valence-electron chi connectivity index (χ3n) is 3.75. The second-order valence-electron chi connectivity index (χ2n) is 5.59. The van der Waals surface area contributed by atoms with E-state index in [1.54, 1.807) is 18.2 Å². The quantitative estimate of drug-likeness (QED) is 0.549. The van der Waals surface area contributed by atoms with Crippen LogP contribution in [0.4, 0.5) is 5.69 Å². The van der Waals surface area contributed by atoms with Gasteiger partial charge in [-0.2, -0.15) is 0 Å². The molecule has 1 amide bonds. The van der Waals surface area contributed by atoms with Gasteiger partial charge in [0.1, 0.15) is 4.90 Å². The van der Waals surface area contributed by atoms with Crippen molar-refractivity contribution in [3.63, 3.8) is 0 Å². The molecule has 0 unspecified atom stereocenters. The van der Waals surface area contributed by atoms with Crippen LogP contribution in [0.15, 0.2) is 41.3 Å². The molecule has 0 saturated heterocycles. The van der Waals surface area contributed by atoms with Crippen molar-refractivity contribution in [3.8, 4) is 0 Å². The maximum absolute atomic E-state index is 12.3. The predicted molar refractivity (Wildman–Crippen MR) is 94.8 cm³/mol. The van der Waals surface area contributed by atoms with Gasteiger partial charge in [0, 0.05) is 5.39 Å². The number of nitrogens with two attached hydrogens (primary N) is 3. The van der Waals surface area contributed by atoms with Crippen molar-refractivity contribution < 1.29 is 13.2 Å². The molecule has 0 heterocycles. The third-order valence-corrected chi connectivity index (χ3v) is 4.70. The highest BCUT2D eigenvalue weighted by Crippen LogP contribution is 2.30. The summed E-state index contributed by atoms with van der Waals surface area (Å²) >= 11 is 0. The summed E-state index contributed by atoms with van der Waals surface area (Å²) in [4.78, 5) is 12.2. The van der Waals surface area contributed by atoms with Crippen LogP contribution in [0.2, 0.25) is 0 Å². The predicted octanol–water partition coefficient (Wildman–Crippen LogP) is 0.882. The number of amides is 1. The van der Waals surface area contributed by atoms with E-state index in [-0.39, 0.29) is 10.6 Å². The SMILES string of the molecule is NCCCC[C@H](N)C(=O)Nc1c(S(N)(=O)=O)ccc2ccccc12. The number of carbonyl (C=O) groups is 1. The van der Waals surface area contributed by atoms with Gasteiger partial charge in [-0.3, -0.25) is 4.79 Å². The van der Waals surface area contributed by atoms with Crippen molar-refractivity contribution in [2.24, 2.45) is 16.6 Å². The molecule has 0 aliphatic carbocycles. The minimum Gasteiger partial charge on any atom is -0.330 e. The fourth-order valence-electron chi connectivity index (χ4n) is 2.47. The molecular weight excluding hydrogens is 328 g/mol. The Bertz CT molecular complexity index is 836. The van der Waals surface area contributed by atoms with E-state index in [9.17, 15) is 13.2 Å². The van der Waals surface area contributed by atoms with Crippen LogP contribution in [0, 0.1) is 0 Å². The number of sulfonamides is 1. The normalized spacial score (nSPS) is 13.0. The molecule has 0 aliphatic rings. The number of rotatable bonds is 7. The number of fused-ring (bicyclic) bond motifs is 1. The summed E-state index contributed by atoms with van der Waals surface area (Å²) < 4.78 is 23.7. The van der Waals surface area contributed by atoms with Crippen LogP contribution in [-0.4, -0.2) is 26.9 Å². The van der Waals surface area contributed by atoms with Crippen LogP contribution in [0.25, 0.3) is 10.8 Å². The first-order valence-electron chi connectivity index (χ1n) is 7.65. The van der Waals surface area contributed by atoms with Gasteiger partial charge in [-0.25, -0.2) is 13.6 Å². The number of benzene rings is 2. The number of carbonyl (C=O) groups excluding carboxylic acids is 1. The number of hydrogen-bond acceptors (Lipinski definition) is 5. The molecule has 8 heteroatoms. The van der Waals surface area contributed by atoms with Crippen LogP contribution in [0.3, 0.4) is 0 Å². The first kappa shape index (κ1) is 18.3. The van der Waals surface area contributed by atoms with Gasteiger partial charge < -0.3 is 16.8 Å². The van der Waals surface area contributed by atoms with E-state index < -0.39 is 22.0 Å². The lowest BCUT2D eigenvalue weighted by atomic mass is 10.1. The Morgan fingerprint density at radius 3 is 2.50 bits per heavy atom. The molecule has 2 aromatic rings. The van der Waals surface area contributed by atoms with Crippen molar-refractivity contribution in [1.82, 2.24) is 0 Å². The Morgan fingerprint density at radius 1 is 1.12 bits per heavy atom. The minimum absolute atomic E-state index is 0.135. The molecule has 130 valence electrons. The molecule has 24 heavy (non-hydrogen) atoms. The summed E-state index contributed by atoms with van der Waals surface area (Å²) in [5, 5.41) is 9.29. The fraction of sp³-hybridized carbons (Fsp3) is 0.312. The van der Waals surface area contributed by atoms with Gasteiger partial charge in [-0.05, 0) is 30.8 Å². The summed E-state index contributed by atoms with van der Waals surface area (Å²) in [5.74, 6) is -0.451. The van der Waals surface area contributed by atoms with Crippen molar-refractivity contribution in [1.29, 1.82) is 0 Å². The average Bonchev–Trinajstić information content (AvgIpc) is 2.54. The Kier molecular flexibility index (Phi) is 5.89. The molecule has 7 N–H and O–H groups in total. The Morgan fingerprint density at radius 2 is 1.83 bits per heavy atom. The van der Waals surface area contributed by atoms with E-state index >= 15 is 0 Å². The summed E-state index contributed by atoms with van der Waals surface area (Å²) in [5.41, 5.74) is 11.5. The smallest absolute Gasteiger partial charge is 0.241 e. The van der Waals surface area contributed by atoms with Gasteiger partial charge in [0.25, 0.3) is 0 Å². The molecule has 2 aromatic carbocycles. The van der Waals surface area contributed by atoms with E-state index in [4.69, 9.17) is 16.6 Å². The van der Waals surface area contributed by atoms with Crippen LogP contribution in [0.1, 0.15) is 19.3 Å². The first-order valence-corrected chi connectivity index (χ1v) is 9.20. The van der Waals surface area contributed by atoms with Crippen molar-refractivity contribution in [2.75, 3.05) is 11.9 Å². The maximum atomic E-state index is 12.3. The number of hydrogen-bond donors (Lipinski definition) is 4. The van der Waals surface area contributed by atoms with Gasteiger partial charge in [0.2, 0.25) is 15.9 Å². The molecule has 7 nitrogen and oxygen atoms in total. The summed E-state index contributed by atoms with van der Waals surface area (Å²) in [7, 11) is -3.99. The molecular formula is C16H22N4O3S. The van der Waals surface area contributed by atoms with E-state index in [0.29, 0.717) is 18.4 Å². The van der Waals surface area contributed by atoms with E-state index in [1.165, 1.54) is 6.07 Å². The third kappa shape index (κ3) is 4.30. The van der Waals surface area contributed by atoms with Crippen molar-refractivity contribution >= 4 is 32.4 Å². The molecule has 1 atom stereocenters.